The van der Waals surface area contributed by atoms with Crippen molar-refractivity contribution < 1.29 is 19.0 Å². The average Bonchev–Trinajstić information content (AvgIpc) is 2.73. The molecule has 116 valence electrons. The molecule has 1 heterocycles. The van der Waals surface area contributed by atoms with Gasteiger partial charge in [0, 0.05) is 6.42 Å². The summed E-state index contributed by atoms with van der Waals surface area (Å²) in [7, 11) is 1.37. The van der Waals surface area contributed by atoms with Crippen molar-refractivity contribution in [3.63, 3.8) is 0 Å². The van der Waals surface area contributed by atoms with Crippen molar-refractivity contribution in [3.05, 3.63) is 22.7 Å². The van der Waals surface area contributed by atoms with Crippen LogP contribution in [0.25, 0.3) is 0 Å². The molecular weight excluding hydrogens is 294 g/mol. The van der Waals surface area contributed by atoms with Crippen LogP contribution in [0.4, 0.5) is 0 Å². The molecule has 0 bridgehead atoms. The van der Waals surface area contributed by atoms with Gasteiger partial charge in [0.05, 0.1) is 25.3 Å². The van der Waals surface area contributed by atoms with Crippen molar-refractivity contribution in [2.75, 3.05) is 26.9 Å². The minimum Gasteiger partial charge on any atom is -0.489 e. The molecule has 5 nitrogen and oxygen atoms in total. The van der Waals surface area contributed by atoms with Crippen molar-refractivity contribution in [2.45, 2.75) is 25.8 Å². The van der Waals surface area contributed by atoms with Gasteiger partial charge in [-0.3, -0.25) is 0 Å². The molecule has 2 rings (SSSR count). The summed E-state index contributed by atoms with van der Waals surface area (Å²) < 4.78 is 16.1. The number of hydrogen-bond donors (Lipinski definition) is 1. The standard InChI is InChI=1S/C15H20ClNO4/c1-3-5-17-13(15(18)19-2)10-8-11(16)14-12(9-10)20-6-4-7-21-14/h8-9,13,17H,3-7H2,1-2H3. The Bertz CT molecular complexity index is 507. The van der Waals surface area contributed by atoms with Gasteiger partial charge in [-0.05, 0) is 30.7 Å². The van der Waals surface area contributed by atoms with Gasteiger partial charge in [0.15, 0.2) is 11.5 Å². The lowest BCUT2D eigenvalue weighted by molar-refractivity contribution is -0.143. The lowest BCUT2D eigenvalue weighted by Crippen LogP contribution is -2.30. The van der Waals surface area contributed by atoms with Crippen molar-refractivity contribution in [1.82, 2.24) is 5.32 Å². The first-order valence-electron chi connectivity index (χ1n) is 7.07. The molecule has 0 saturated carbocycles. The second-order valence-electron chi connectivity index (χ2n) is 4.79. The molecule has 1 aliphatic rings. The summed E-state index contributed by atoms with van der Waals surface area (Å²) >= 11 is 6.26. The summed E-state index contributed by atoms with van der Waals surface area (Å²) in [5.74, 6) is 0.758. The van der Waals surface area contributed by atoms with Gasteiger partial charge < -0.3 is 19.5 Å². The van der Waals surface area contributed by atoms with Crippen molar-refractivity contribution in [1.29, 1.82) is 0 Å². The molecule has 1 aromatic rings. The third kappa shape index (κ3) is 3.80. The van der Waals surface area contributed by atoms with Crippen LogP contribution >= 0.6 is 11.6 Å². The number of methoxy groups -OCH3 is 1. The molecule has 1 aromatic carbocycles. The fourth-order valence-electron chi connectivity index (χ4n) is 2.16. The van der Waals surface area contributed by atoms with Gasteiger partial charge in [-0.25, -0.2) is 4.79 Å². The number of benzene rings is 1. The normalized spacial score (nSPS) is 15.2. The zero-order valence-corrected chi connectivity index (χ0v) is 13.0. The molecule has 21 heavy (non-hydrogen) atoms. The maximum Gasteiger partial charge on any atom is 0.327 e. The fraction of sp³-hybridized carbons (Fsp3) is 0.533. The highest BCUT2D eigenvalue weighted by atomic mass is 35.5. The number of ether oxygens (including phenoxy) is 3. The summed E-state index contributed by atoms with van der Waals surface area (Å²) in [6.45, 7) is 3.87. The number of rotatable bonds is 5. The molecule has 0 amide bonds. The van der Waals surface area contributed by atoms with E-state index < -0.39 is 6.04 Å². The van der Waals surface area contributed by atoms with E-state index in [9.17, 15) is 4.79 Å². The van der Waals surface area contributed by atoms with Gasteiger partial charge in [0.25, 0.3) is 0 Å². The van der Waals surface area contributed by atoms with Crippen LogP contribution < -0.4 is 14.8 Å². The van der Waals surface area contributed by atoms with E-state index in [1.807, 2.05) is 6.92 Å². The van der Waals surface area contributed by atoms with E-state index in [2.05, 4.69) is 5.32 Å². The van der Waals surface area contributed by atoms with E-state index in [1.54, 1.807) is 12.1 Å². The molecule has 1 unspecified atom stereocenters. The highest BCUT2D eigenvalue weighted by Gasteiger charge is 2.24. The van der Waals surface area contributed by atoms with Gasteiger partial charge in [-0.1, -0.05) is 18.5 Å². The fourth-order valence-corrected chi connectivity index (χ4v) is 2.43. The predicted molar refractivity (Wildman–Crippen MR) is 80.1 cm³/mol. The Labute approximate surface area is 129 Å². The third-order valence-electron chi connectivity index (χ3n) is 3.19. The summed E-state index contributed by atoms with van der Waals surface area (Å²) in [5.41, 5.74) is 0.713. The van der Waals surface area contributed by atoms with E-state index >= 15 is 0 Å². The number of nitrogens with one attached hydrogen (secondary N) is 1. The lowest BCUT2D eigenvalue weighted by Gasteiger charge is -2.19. The van der Waals surface area contributed by atoms with E-state index in [0.29, 0.717) is 41.8 Å². The predicted octanol–water partition coefficient (Wildman–Crippen LogP) is 2.72. The quantitative estimate of drug-likeness (QED) is 0.847. The maximum absolute atomic E-state index is 12.0. The van der Waals surface area contributed by atoms with Gasteiger partial charge in [0.2, 0.25) is 0 Å². The maximum atomic E-state index is 12.0. The zero-order chi connectivity index (χ0) is 15.2. The molecule has 0 spiro atoms. The minimum atomic E-state index is -0.565. The Hall–Kier alpha value is -1.46. The number of esters is 1. The van der Waals surface area contributed by atoms with Gasteiger partial charge in [0.1, 0.15) is 6.04 Å². The number of fused-ring (bicyclic) bond motifs is 1. The van der Waals surface area contributed by atoms with E-state index in [0.717, 1.165) is 12.8 Å². The highest BCUT2D eigenvalue weighted by Crippen LogP contribution is 2.39. The van der Waals surface area contributed by atoms with E-state index in [-0.39, 0.29) is 5.97 Å². The Morgan fingerprint density at radius 2 is 2.19 bits per heavy atom. The van der Waals surface area contributed by atoms with Crippen LogP contribution in [0.5, 0.6) is 11.5 Å². The molecule has 0 saturated heterocycles. The number of halogens is 1. The summed E-state index contributed by atoms with van der Waals surface area (Å²) in [5, 5.41) is 3.60. The topological polar surface area (TPSA) is 56.8 Å². The van der Waals surface area contributed by atoms with Crippen LogP contribution in [0, 0.1) is 0 Å². The van der Waals surface area contributed by atoms with Crippen molar-refractivity contribution in [2.24, 2.45) is 0 Å². The largest absolute Gasteiger partial charge is 0.489 e. The SMILES string of the molecule is CCCNC(C(=O)OC)c1cc(Cl)c2c(c1)OCCCO2. The minimum absolute atomic E-state index is 0.353. The van der Waals surface area contributed by atoms with Crippen LogP contribution in [-0.4, -0.2) is 32.8 Å². The lowest BCUT2D eigenvalue weighted by atomic mass is 10.1. The van der Waals surface area contributed by atoms with Gasteiger partial charge in [-0.2, -0.15) is 0 Å². The second-order valence-corrected chi connectivity index (χ2v) is 5.20. The van der Waals surface area contributed by atoms with Gasteiger partial charge in [-0.15, -0.1) is 0 Å². The molecule has 1 N–H and O–H groups in total. The molecule has 0 aliphatic carbocycles. The van der Waals surface area contributed by atoms with Crippen LogP contribution in [0.3, 0.4) is 0 Å². The first-order chi connectivity index (χ1) is 10.2. The molecule has 1 atom stereocenters. The molecule has 0 radical (unpaired) electrons. The Morgan fingerprint density at radius 1 is 1.43 bits per heavy atom. The van der Waals surface area contributed by atoms with Gasteiger partial charge >= 0.3 is 5.97 Å². The zero-order valence-electron chi connectivity index (χ0n) is 12.3. The van der Waals surface area contributed by atoms with E-state index in [1.165, 1.54) is 7.11 Å². The molecule has 0 aromatic heterocycles. The summed E-state index contributed by atoms with van der Waals surface area (Å²) in [6, 6.07) is 2.94. The Morgan fingerprint density at radius 3 is 2.90 bits per heavy atom. The van der Waals surface area contributed by atoms with E-state index in [4.69, 9.17) is 25.8 Å². The molecule has 0 fully saturated rings. The monoisotopic (exact) mass is 313 g/mol. The summed E-state index contributed by atoms with van der Waals surface area (Å²) in [4.78, 5) is 12.0. The van der Waals surface area contributed by atoms with Crippen molar-refractivity contribution in [3.8, 4) is 11.5 Å². The van der Waals surface area contributed by atoms with Crippen LogP contribution in [0.2, 0.25) is 5.02 Å². The number of carbonyl (C=O) groups is 1. The Balaban J connectivity index is 2.34. The number of carbonyl (C=O) groups excluding carboxylic acids is 1. The van der Waals surface area contributed by atoms with Crippen molar-refractivity contribution >= 4 is 17.6 Å². The third-order valence-corrected chi connectivity index (χ3v) is 3.47. The van der Waals surface area contributed by atoms with Crippen LogP contribution in [0.15, 0.2) is 12.1 Å². The van der Waals surface area contributed by atoms with Crippen LogP contribution in [0.1, 0.15) is 31.4 Å². The van der Waals surface area contributed by atoms with Crippen LogP contribution in [-0.2, 0) is 9.53 Å². The molecular formula is C15H20ClNO4. The smallest absolute Gasteiger partial charge is 0.327 e. The second kappa shape index (κ2) is 7.52. The average molecular weight is 314 g/mol. The Kier molecular flexibility index (Phi) is 5.70. The number of hydrogen-bond acceptors (Lipinski definition) is 5. The molecule has 1 aliphatic heterocycles. The summed E-state index contributed by atoms with van der Waals surface area (Å²) in [6.07, 6.45) is 1.71. The highest BCUT2D eigenvalue weighted by molar-refractivity contribution is 6.32. The first-order valence-corrected chi connectivity index (χ1v) is 7.45. The first kappa shape index (κ1) is 15.9. The molecule has 6 heteroatoms.